The van der Waals surface area contributed by atoms with E-state index in [-0.39, 0.29) is 29.6 Å². The lowest BCUT2D eigenvalue weighted by Gasteiger charge is -2.36. The second-order valence-corrected chi connectivity index (χ2v) is 9.62. The van der Waals surface area contributed by atoms with Gasteiger partial charge in [0.1, 0.15) is 0 Å². The van der Waals surface area contributed by atoms with Crippen LogP contribution in [-0.2, 0) is 14.8 Å². The van der Waals surface area contributed by atoms with Gasteiger partial charge < -0.3 is 9.80 Å². The Morgan fingerprint density at radius 2 is 1.61 bits per heavy atom. The minimum absolute atomic E-state index is 0.0372. The third-order valence-electron chi connectivity index (χ3n) is 5.54. The fourth-order valence-corrected chi connectivity index (χ4v) is 5.01. The summed E-state index contributed by atoms with van der Waals surface area (Å²) in [5, 5.41) is 0. The van der Waals surface area contributed by atoms with Gasteiger partial charge in [-0.15, -0.1) is 0 Å². The number of ketones is 1. The van der Waals surface area contributed by atoms with Crippen LogP contribution in [0.4, 0.5) is 5.69 Å². The number of piperazine rings is 1. The summed E-state index contributed by atoms with van der Waals surface area (Å²) >= 11 is 0. The Balaban J connectivity index is 1.49. The molecule has 0 unspecified atom stereocenters. The first-order valence-corrected chi connectivity index (χ1v) is 11.9. The van der Waals surface area contributed by atoms with Crippen LogP contribution in [0, 0.1) is 13.8 Å². The van der Waals surface area contributed by atoms with Gasteiger partial charge in [-0.2, -0.15) is 0 Å². The van der Waals surface area contributed by atoms with E-state index in [1.165, 1.54) is 0 Å². The van der Waals surface area contributed by atoms with Crippen LogP contribution in [0.3, 0.4) is 0 Å². The van der Waals surface area contributed by atoms with Crippen molar-refractivity contribution < 1.29 is 18.0 Å². The predicted molar refractivity (Wildman–Crippen MR) is 121 cm³/mol. The molecular weight excluding hydrogens is 414 g/mol. The highest BCUT2D eigenvalue weighted by Crippen LogP contribution is 2.19. The van der Waals surface area contributed by atoms with Crippen molar-refractivity contribution >= 4 is 27.4 Å². The fourth-order valence-electron chi connectivity index (χ4n) is 3.65. The van der Waals surface area contributed by atoms with E-state index in [1.54, 1.807) is 30.9 Å². The number of nitrogens with zero attached hydrogens (tertiary/aromatic N) is 2. The summed E-state index contributed by atoms with van der Waals surface area (Å²) in [6.07, 6.45) is 0.122. The van der Waals surface area contributed by atoms with Gasteiger partial charge in [0.05, 0.1) is 4.90 Å². The number of sulfonamides is 1. The zero-order valence-corrected chi connectivity index (χ0v) is 19.0. The van der Waals surface area contributed by atoms with Crippen molar-refractivity contribution in [3.05, 3.63) is 59.2 Å². The van der Waals surface area contributed by atoms with Gasteiger partial charge in [0, 0.05) is 50.4 Å². The molecule has 7 nitrogen and oxygen atoms in total. The first-order valence-electron chi connectivity index (χ1n) is 10.4. The lowest BCUT2D eigenvalue weighted by molar-refractivity contribution is -0.131. The van der Waals surface area contributed by atoms with Crippen molar-refractivity contribution in [2.75, 3.05) is 37.6 Å². The van der Waals surface area contributed by atoms with Crippen LogP contribution in [0.15, 0.2) is 47.4 Å². The van der Waals surface area contributed by atoms with Gasteiger partial charge in [-0.25, -0.2) is 13.1 Å². The lowest BCUT2D eigenvalue weighted by atomic mass is 10.1. The number of hydrogen-bond donors (Lipinski definition) is 1. The van der Waals surface area contributed by atoms with Crippen LogP contribution in [0.5, 0.6) is 0 Å². The molecule has 166 valence electrons. The average molecular weight is 444 g/mol. The van der Waals surface area contributed by atoms with Crippen LogP contribution in [-0.4, -0.2) is 57.7 Å². The Bertz CT molecular complexity index is 1060. The van der Waals surface area contributed by atoms with Gasteiger partial charge in [0.25, 0.3) is 0 Å². The maximum atomic E-state index is 12.6. The molecular formula is C23H29N3O4S. The Hall–Kier alpha value is -2.71. The van der Waals surface area contributed by atoms with E-state index in [4.69, 9.17) is 0 Å². The summed E-state index contributed by atoms with van der Waals surface area (Å²) < 4.78 is 27.7. The van der Waals surface area contributed by atoms with Gasteiger partial charge in [0.15, 0.2) is 5.78 Å². The summed E-state index contributed by atoms with van der Waals surface area (Å²) in [5.41, 5.74) is 3.26. The van der Waals surface area contributed by atoms with E-state index in [2.05, 4.69) is 9.62 Å². The number of carbonyl (C=O) groups excluding carboxylic acids is 2. The Kier molecular flexibility index (Phi) is 7.12. The smallest absolute Gasteiger partial charge is 0.240 e. The fraction of sp³-hybridized carbons (Fsp3) is 0.391. The Morgan fingerprint density at radius 1 is 0.968 bits per heavy atom. The molecule has 2 aromatic carbocycles. The largest absolute Gasteiger partial charge is 0.368 e. The standard InChI is InChI=1S/C23H29N3O4S/c1-17-4-5-18(2)22(16-17)31(29,30)24-11-10-23(28)26-14-12-25(13-15-26)21-8-6-20(7-9-21)19(3)27/h4-9,16,24H,10-15H2,1-3H3. The molecule has 0 radical (unpaired) electrons. The molecule has 2 aromatic rings. The molecule has 0 atom stereocenters. The molecule has 0 saturated carbocycles. The van der Waals surface area contributed by atoms with Crippen molar-refractivity contribution in [3.63, 3.8) is 0 Å². The number of amides is 1. The van der Waals surface area contributed by atoms with Crippen LogP contribution in [0.2, 0.25) is 0 Å². The van der Waals surface area contributed by atoms with E-state index < -0.39 is 10.0 Å². The lowest BCUT2D eigenvalue weighted by Crippen LogP contribution is -2.49. The van der Waals surface area contributed by atoms with Crippen LogP contribution in [0.25, 0.3) is 0 Å². The minimum Gasteiger partial charge on any atom is -0.368 e. The molecule has 1 aliphatic rings. The number of hydrogen-bond acceptors (Lipinski definition) is 5. The van der Waals surface area contributed by atoms with Crippen LogP contribution >= 0.6 is 0 Å². The molecule has 31 heavy (non-hydrogen) atoms. The van der Waals surface area contributed by atoms with Crippen molar-refractivity contribution in [3.8, 4) is 0 Å². The summed E-state index contributed by atoms with van der Waals surface area (Å²) in [7, 11) is -3.65. The topological polar surface area (TPSA) is 86.8 Å². The number of anilines is 1. The minimum atomic E-state index is -3.65. The molecule has 3 rings (SSSR count). The van der Waals surface area contributed by atoms with Gasteiger partial charge in [0.2, 0.25) is 15.9 Å². The van der Waals surface area contributed by atoms with E-state index in [0.29, 0.717) is 37.3 Å². The monoisotopic (exact) mass is 443 g/mol. The van der Waals surface area contributed by atoms with Crippen LogP contribution in [0.1, 0.15) is 34.8 Å². The number of carbonyl (C=O) groups is 2. The van der Waals surface area contributed by atoms with E-state index in [1.807, 2.05) is 37.3 Å². The second-order valence-electron chi connectivity index (χ2n) is 7.89. The van der Waals surface area contributed by atoms with Crippen molar-refractivity contribution in [1.29, 1.82) is 0 Å². The zero-order chi connectivity index (χ0) is 22.6. The second kappa shape index (κ2) is 9.62. The normalized spacial score (nSPS) is 14.5. The molecule has 1 N–H and O–H groups in total. The van der Waals surface area contributed by atoms with E-state index in [0.717, 1.165) is 11.3 Å². The van der Waals surface area contributed by atoms with Crippen molar-refractivity contribution in [2.24, 2.45) is 0 Å². The number of Topliss-reactive ketones (excluding diaryl/α,β-unsaturated/α-hetero) is 1. The molecule has 1 saturated heterocycles. The Labute approximate surface area is 184 Å². The average Bonchev–Trinajstić information content (AvgIpc) is 2.75. The third kappa shape index (κ3) is 5.71. The molecule has 8 heteroatoms. The zero-order valence-electron chi connectivity index (χ0n) is 18.2. The van der Waals surface area contributed by atoms with Gasteiger partial charge in [-0.05, 0) is 62.2 Å². The van der Waals surface area contributed by atoms with Gasteiger partial charge >= 0.3 is 0 Å². The number of benzene rings is 2. The predicted octanol–water partition coefficient (Wildman–Crippen LogP) is 2.52. The highest BCUT2D eigenvalue weighted by Gasteiger charge is 2.22. The summed E-state index contributed by atoms with van der Waals surface area (Å²) in [5.74, 6) is -0.0228. The molecule has 0 aliphatic carbocycles. The summed E-state index contributed by atoms with van der Waals surface area (Å²) in [4.78, 5) is 28.2. The van der Waals surface area contributed by atoms with Gasteiger partial charge in [-0.1, -0.05) is 12.1 Å². The highest BCUT2D eigenvalue weighted by molar-refractivity contribution is 7.89. The molecule has 0 spiro atoms. The summed E-state index contributed by atoms with van der Waals surface area (Å²) in [6, 6.07) is 12.8. The number of rotatable bonds is 7. The van der Waals surface area contributed by atoms with Crippen molar-refractivity contribution in [2.45, 2.75) is 32.1 Å². The number of nitrogens with one attached hydrogen (secondary N) is 1. The summed E-state index contributed by atoms with van der Waals surface area (Å²) in [6.45, 7) is 7.77. The third-order valence-corrected chi connectivity index (χ3v) is 7.14. The molecule has 0 bridgehead atoms. The highest BCUT2D eigenvalue weighted by atomic mass is 32.2. The van der Waals surface area contributed by atoms with E-state index in [9.17, 15) is 18.0 Å². The number of aryl methyl sites for hydroxylation is 2. The van der Waals surface area contributed by atoms with Crippen molar-refractivity contribution in [1.82, 2.24) is 9.62 Å². The van der Waals surface area contributed by atoms with Crippen LogP contribution < -0.4 is 9.62 Å². The maximum absolute atomic E-state index is 12.6. The first-order chi connectivity index (χ1) is 14.7. The SMILES string of the molecule is CC(=O)c1ccc(N2CCN(C(=O)CCNS(=O)(=O)c3cc(C)ccc3C)CC2)cc1. The first kappa shape index (κ1) is 23.0. The maximum Gasteiger partial charge on any atom is 0.240 e. The molecule has 1 amide bonds. The Morgan fingerprint density at radius 3 is 2.23 bits per heavy atom. The molecule has 1 heterocycles. The molecule has 1 fully saturated rings. The molecule has 1 aliphatic heterocycles. The van der Waals surface area contributed by atoms with E-state index >= 15 is 0 Å². The molecule has 0 aromatic heterocycles. The quantitative estimate of drug-likeness (QED) is 0.665. The van der Waals surface area contributed by atoms with Gasteiger partial charge in [-0.3, -0.25) is 9.59 Å².